The molecular formula is C8H6N2O3. The minimum atomic E-state index is -0.583. The number of nitro groups is 1. The number of benzene rings is 1. The van der Waals surface area contributed by atoms with E-state index in [1.165, 1.54) is 18.2 Å². The zero-order valence-electron chi connectivity index (χ0n) is 6.56. The zero-order chi connectivity index (χ0) is 9.84. The van der Waals surface area contributed by atoms with E-state index in [0.717, 1.165) is 6.07 Å². The van der Waals surface area contributed by atoms with Gasteiger partial charge >= 0.3 is 0 Å². The first-order valence-electron chi connectivity index (χ1n) is 3.44. The maximum absolute atomic E-state index is 10.9. The van der Waals surface area contributed by atoms with Gasteiger partial charge in [-0.3, -0.25) is 14.9 Å². The first-order valence-corrected chi connectivity index (χ1v) is 3.44. The Kier molecular flexibility index (Phi) is 2.49. The zero-order valence-corrected chi connectivity index (χ0v) is 6.56. The average molecular weight is 178 g/mol. The Morgan fingerprint density at radius 2 is 2.23 bits per heavy atom. The summed E-state index contributed by atoms with van der Waals surface area (Å²) in [6.45, 7) is 0. The summed E-state index contributed by atoms with van der Waals surface area (Å²) in [6.07, 6.45) is 0.624. The number of Topliss-reactive ketones (excluding diaryl/α,β-unsaturated/α-hetero) is 1. The molecule has 0 aliphatic carbocycles. The lowest BCUT2D eigenvalue weighted by molar-refractivity contribution is -0.384. The van der Waals surface area contributed by atoms with Gasteiger partial charge in [0.25, 0.3) is 5.69 Å². The van der Waals surface area contributed by atoms with Crippen LogP contribution in [0.5, 0.6) is 0 Å². The Hall–Kier alpha value is -2.04. The van der Waals surface area contributed by atoms with Crippen molar-refractivity contribution in [3.05, 3.63) is 39.9 Å². The van der Waals surface area contributed by atoms with Gasteiger partial charge in [-0.2, -0.15) is 0 Å². The lowest BCUT2D eigenvalue weighted by Gasteiger charge is -1.94. The molecular weight excluding hydrogens is 172 g/mol. The quantitative estimate of drug-likeness (QED) is 0.329. The molecule has 5 nitrogen and oxygen atoms in total. The topological polar surface area (TPSA) is 84.1 Å². The summed E-state index contributed by atoms with van der Waals surface area (Å²) in [7, 11) is 0. The van der Waals surface area contributed by atoms with Crippen LogP contribution in [0.4, 0.5) is 5.69 Å². The van der Waals surface area contributed by atoms with E-state index in [2.05, 4.69) is 0 Å². The molecule has 0 aliphatic heterocycles. The number of nitrogens with one attached hydrogen (secondary N) is 1. The standard InChI is InChI=1S/C8H6N2O3/c9-5-8(11)6-2-1-3-7(4-6)10(12)13/h1-5,9H. The largest absolute Gasteiger partial charge is 0.305 e. The van der Waals surface area contributed by atoms with Crippen LogP contribution in [0.1, 0.15) is 10.4 Å². The van der Waals surface area contributed by atoms with Crippen molar-refractivity contribution in [1.29, 1.82) is 5.41 Å². The highest BCUT2D eigenvalue weighted by Gasteiger charge is 2.08. The second-order valence-electron chi connectivity index (χ2n) is 2.32. The highest BCUT2D eigenvalue weighted by molar-refractivity contribution is 6.34. The monoisotopic (exact) mass is 178 g/mol. The van der Waals surface area contributed by atoms with Gasteiger partial charge in [-0.1, -0.05) is 12.1 Å². The Morgan fingerprint density at radius 3 is 2.77 bits per heavy atom. The molecule has 0 unspecified atom stereocenters. The molecule has 1 N–H and O–H groups in total. The van der Waals surface area contributed by atoms with Gasteiger partial charge in [0.1, 0.15) is 0 Å². The molecule has 66 valence electrons. The molecule has 0 saturated heterocycles. The van der Waals surface area contributed by atoms with Crippen molar-refractivity contribution in [2.45, 2.75) is 0 Å². The molecule has 13 heavy (non-hydrogen) atoms. The number of nitro benzene ring substituents is 1. The van der Waals surface area contributed by atoms with Crippen LogP contribution in [0, 0.1) is 15.5 Å². The van der Waals surface area contributed by atoms with Gasteiger partial charge < -0.3 is 5.41 Å². The molecule has 0 amide bonds. The molecule has 0 radical (unpaired) electrons. The van der Waals surface area contributed by atoms with Crippen LogP contribution < -0.4 is 0 Å². The molecule has 5 heteroatoms. The van der Waals surface area contributed by atoms with E-state index in [1.807, 2.05) is 0 Å². The van der Waals surface area contributed by atoms with Crippen LogP contribution in [0.15, 0.2) is 24.3 Å². The summed E-state index contributed by atoms with van der Waals surface area (Å²) < 4.78 is 0. The molecule has 1 aromatic carbocycles. The van der Waals surface area contributed by atoms with Crippen LogP contribution in [-0.2, 0) is 0 Å². The van der Waals surface area contributed by atoms with Crippen molar-refractivity contribution in [3.63, 3.8) is 0 Å². The van der Waals surface area contributed by atoms with Crippen LogP contribution in [0.3, 0.4) is 0 Å². The summed E-state index contributed by atoms with van der Waals surface area (Å²) >= 11 is 0. The first kappa shape index (κ1) is 9.05. The number of carbonyl (C=O) groups excluding carboxylic acids is 1. The number of rotatable bonds is 3. The van der Waals surface area contributed by atoms with E-state index in [1.54, 1.807) is 0 Å². The minimum absolute atomic E-state index is 0.146. The number of hydrogen-bond acceptors (Lipinski definition) is 4. The Bertz CT molecular complexity index is 373. The molecule has 0 saturated carbocycles. The van der Waals surface area contributed by atoms with E-state index >= 15 is 0 Å². The smallest absolute Gasteiger partial charge is 0.270 e. The lowest BCUT2D eigenvalue weighted by atomic mass is 10.1. The van der Waals surface area contributed by atoms with Crippen molar-refractivity contribution < 1.29 is 9.72 Å². The average Bonchev–Trinajstić information content (AvgIpc) is 2.17. The predicted octanol–water partition coefficient (Wildman–Crippen LogP) is 1.43. The highest BCUT2D eigenvalue weighted by Crippen LogP contribution is 2.12. The van der Waals surface area contributed by atoms with Gasteiger partial charge in [0, 0.05) is 17.7 Å². The third kappa shape index (κ3) is 1.96. The van der Waals surface area contributed by atoms with Crippen LogP contribution in [-0.4, -0.2) is 16.9 Å². The number of nitrogens with zero attached hydrogens (tertiary/aromatic N) is 1. The summed E-state index contributed by atoms with van der Waals surface area (Å²) in [5.41, 5.74) is 0.0110. The number of carbonyl (C=O) groups is 1. The third-order valence-electron chi connectivity index (χ3n) is 1.47. The minimum Gasteiger partial charge on any atom is -0.305 e. The second kappa shape index (κ2) is 3.57. The van der Waals surface area contributed by atoms with Crippen molar-refractivity contribution in [3.8, 4) is 0 Å². The van der Waals surface area contributed by atoms with Crippen LogP contribution in [0.2, 0.25) is 0 Å². The molecule has 0 heterocycles. The second-order valence-corrected chi connectivity index (χ2v) is 2.32. The van der Waals surface area contributed by atoms with Crippen molar-refractivity contribution >= 4 is 17.7 Å². The molecule has 0 bridgehead atoms. The number of ketones is 1. The Balaban J connectivity index is 3.12. The molecule has 0 aliphatic rings. The summed E-state index contributed by atoms with van der Waals surface area (Å²) in [6, 6.07) is 5.28. The van der Waals surface area contributed by atoms with Crippen molar-refractivity contribution in [2.24, 2.45) is 0 Å². The van der Waals surface area contributed by atoms with Gasteiger partial charge in [0.2, 0.25) is 5.78 Å². The van der Waals surface area contributed by atoms with Gasteiger partial charge in [0.05, 0.1) is 11.1 Å². The molecule has 0 spiro atoms. The van der Waals surface area contributed by atoms with Gasteiger partial charge in [0.15, 0.2) is 0 Å². The fourth-order valence-electron chi connectivity index (χ4n) is 0.856. The van der Waals surface area contributed by atoms with Crippen molar-refractivity contribution in [1.82, 2.24) is 0 Å². The normalized spacial score (nSPS) is 9.23. The highest BCUT2D eigenvalue weighted by atomic mass is 16.6. The maximum Gasteiger partial charge on any atom is 0.270 e. The fraction of sp³-hybridized carbons (Fsp3) is 0. The van der Waals surface area contributed by atoms with Gasteiger partial charge in [-0.15, -0.1) is 0 Å². The van der Waals surface area contributed by atoms with Gasteiger partial charge in [-0.05, 0) is 0 Å². The van der Waals surface area contributed by atoms with Crippen molar-refractivity contribution in [2.75, 3.05) is 0 Å². The predicted molar refractivity (Wildman–Crippen MR) is 46.2 cm³/mol. The van der Waals surface area contributed by atoms with E-state index in [9.17, 15) is 14.9 Å². The van der Waals surface area contributed by atoms with Crippen LogP contribution in [0.25, 0.3) is 0 Å². The maximum atomic E-state index is 10.9. The number of non-ortho nitro benzene ring substituents is 1. The molecule has 0 aromatic heterocycles. The molecule has 1 rings (SSSR count). The summed E-state index contributed by atoms with van der Waals surface area (Å²) in [5, 5.41) is 17.0. The SMILES string of the molecule is N=CC(=O)c1cccc([N+](=O)[O-])c1. The first-order chi connectivity index (χ1) is 6.15. The van der Waals surface area contributed by atoms with E-state index < -0.39 is 10.7 Å². The van der Waals surface area contributed by atoms with E-state index in [4.69, 9.17) is 5.41 Å². The van der Waals surface area contributed by atoms with Gasteiger partial charge in [-0.25, -0.2) is 0 Å². The lowest BCUT2D eigenvalue weighted by Crippen LogP contribution is -1.99. The fourth-order valence-corrected chi connectivity index (χ4v) is 0.856. The summed E-state index contributed by atoms with van der Waals surface area (Å²) in [5.74, 6) is -0.538. The Labute approximate surface area is 73.7 Å². The number of hydrogen-bond donors (Lipinski definition) is 1. The Morgan fingerprint density at radius 1 is 1.54 bits per heavy atom. The molecule has 0 atom stereocenters. The van der Waals surface area contributed by atoms with Crippen LogP contribution >= 0.6 is 0 Å². The third-order valence-corrected chi connectivity index (χ3v) is 1.47. The molecule has 1 aromatic rings. The molecule has 0 fully saturated rings. The van der Waals surface area contributed by atoms with E-state index in [-0.39, 0.29) is 11.3 Å². The summed E-state index contributed by atoms with van der Waals surface area (Å²) in [4.78, 5) is 20.6. The van der Waals surface area contributed by atoms with E-state index in [0.29, 0.717) is 6.21 Å².